The lowest BCUT2D eigenvalue weighted by atomic mass is 9.98. The SMILES string of the molecule is COc1ccccc1SNC(N)=NCc1cnc(-c2ccc(Cl)cc2)c(-c2ccc(Cl)cc2)c1. The Kier molecular flexibility index (Phi) is 7.95. The number of guanidine groups is 1. The summed E-state index contributed by atoms with van der Waals surface area (Å²) >= 11 is 13.5. The first kappa shape index (κ1) is 24.0. The van der Waals surface area contributed by atoms with Gasteiger partial charge in [0.2, 0.25) is 0 Å². The number of ether oxygens (including phenoxy) is 1. The third-order valence-corrected chi connectivity index (χ3v) is 6.36. The van der Waals surface area contributed by atoms with Gasteiger partial charge in [0.1, 0.15) is 5.75 Å². The molecule has 0 amide bonds. The number of aromatic nitrogens is 1. The molecule has 0 atom stereocenters. The number of aliphatic imine (C=N–C) groups is 1. The van der Waals surface area contributed by atoms with Crippen molar-refractivity contribution in [3.63, 3.8) is 0 Å². The molecule has 8 heteroatoms. The van der Waals surface area contributed by atoms with E-state index < -0.39 is 0 Å². The van der Waals surface area contributed by atoms with E-state index in [0.29, 0.717) is 22.5 Å². The second kappa shape index (κ2) is 11.3. The molecular weight excluding hydrogens is 487 g/mol. The van der Waals surface area contributed by atoms with Crippen LogP contribution in [0.15, 0.2) is 94.9 Å². The van der Waals surface area contributed by atoms with Crippen molar-refractivity contribution >= 4 is 41.1 Å². The largest absolute Gasteiger partial charge is 0.496 e. The van der Waals surface area contributed by atoms with E-state index in [1.165, 1.54) is 11.9 Å². The lowest BCUT2D eigenvalue weighted by Crippen LogP contribution is -2.26. The van der Waals surface area contributed by atoms with Gasteiger partial charge in [0.15, 0.2) is 5.96 Å². The molecule has 0 aliphatic carbocycles. The predicted molar refractivity (Wildman–Crippen MR) is 142 cm³/mol. The highest BCUT2D eigenvalue weighted by Gasteiger charge is 2.11. The van der Waals surface area contributed by atoms with Crippen LogP contribution in [0.4, 0.5) is 0 Å². The number of nitrogens with one attached hydrogen (secondary N) is 1. The third-order valence-electron chi connectivity index (χ3n) is 4.98. The van der Waals surface area contributed by atoms with Crippen molar-refractivity contribution in [1.29, 1.82) is 0 Å². The molecule has 1 aromatic heterocycles. The number of hydrogen-bond acceptors (Lipinski definition) is 4. The van der Waals surface area contributed by atoms with Crippen molar-refractivity contribution in [1.82, 2.24) is 9.71 Å². The molecule has 5 nitrogen and oxygen atoms in total. The zero-order valence-corrected chi connectivity index (χ0v) is 20.7. The fourth-order valence-corrected chi connectivity index (χ4v) is 4.23. The highest BCUT2D eigenvalue weighted by molar-refractivity contribution is 7.98. The van der Waals surface area contributed by atoms with Crippen LogP contribution < -0.4 is 15.2 Å². The second-order valence-corrected chi connectivity index (χ2v) is 9.03. The molecule has 0 aliphatic rings. The summed E-state index contributed by atoms with van der Waals surface area (Å²) in [4.78, 5) is 10.1. The Morgan fingerprint density at radius 2 is 1.62 bits per heavy atom. The predicted octanol–water partition coefficient (Wildman–Crippen LogP) is 6.84. The van der Waals surface area contributed by atoms with Gasteiger partial charge in [-0.05, 0) is 65.5 Å². The highest BCUT2D eigenvalue weighted by Crippen LogP contribution is 2.33. The number of nitrogens with two attached hydrogens (primary N) is 1. The maximum absolute atomic E-state index is 6.10. The minimum atomic E-state index is 0.311. The van der Waals surface area contributed by atoms with E-state index >= 15 is 0 Å². The Morgan fingerprint density at radius 3 is 2.29 bits per heavy atom. The van der Waals surface area contributed by atoms with Crippen LogP contribution in [0.1, 0.15) is 5.56 Å². The minimum absolute atomic E-state index is 0.311. The lowest BCUT2D eigenvalue weighted by Gasteiger charge is -2.12. The Bertz CT molecular complexity index is 1300. The standard InChI is InChI=1S/C26H22Cl2N4OS/c1-33-23-4-2-3-5-24(23)34-32-26(29)31-16-17-14-22(18-6-10-20(27)11-7-18)25(30-15-17)19-8-12-21(28)13-9-19/h2-15H,16H2,1H3,(H3,29,31,32). The quantitative estimate of drug-likeness (QED) is 0.162. The van der Waals surface area contributed by atoms with Gasteiger partial charge in [-0.3, -0.25) is 9.71 Å². The van der Waals surface area contributed by atoms with Gasteiger partial charge in [-0.1, -0.05) is 59.6 Å². The number of para-hydroxylation sites is 1. The molecular formula is C26H22Cl2N4OS. The molecule has 4 rings (SSSR count). The van der Waals surface area contributed by atoms with Crippen LogP contribution in [-0.4, -0.2) is 18.1 Å². The van der Waals surface area contributed by atoms with Crippen LogP contribution in [0.2, 0.25) is 10.0 Å². The van der Waals surface area contributed by atoms with Crippen molar-refractivity contribution in [2.75, 3.05) is 7.11 Å². The van der Waals surface area contributed by atoms with E-state index in [1.807, 2.05) is 79.0 Å². The molecule has 34 heavy (non-hydrogen) atoms. The number of rotatable bonds is 7. The summed E-state index contributed by atoms with van der Waals surface area (Å²) in [6.07, 6.45) is 1.81. The first-order valence-electron chi connectivity index (χ1n) is 10.4. The number of pyridine rings is 1. The van der Waals surface area contributed by atoms with Crippen molar-refractivity contribution in [3.8, 4) is 28.1 Å². The van der Waals surface area contributed by atoms with Crippen LogP contribution in [0, 0.1) is 0 Å². The van der Waals surface area contributed by atoms with Gasteiger partial charge in [0, 0.05) is 27.4 Å². The molecule has 0 unspecified atom stereocenters. The van der Waals surface area contributed by atoms with Crippen LogP contribution in [0.25, 0.3) is 22.4 Å². The number of benzene rings is 3. The van der Waals surface area contributed by atoms with Gasteiger partial charge >= 0.3 is 0 Å². The van der Waals surface area contributed by atoms with E-state index in [0.717, 1.165) is 38.6 Å². The number of halogens is 2. The number of hydrogen-bond donors (Lipinski definition) is 2. The third kappa shape index (κ3) is 6.03. The summed E-state index contributed by atoms with van der Waals surface area (Å²) in [5.74, 6) is 1.08. The lowest BCUT2D eigenvalue weighted by molar-refractivity contribution is 0.405. The molecule has 0 saturated heterocycles. The summed E-state index contributed by atoms with van der Waals surface area (Å²) < 4.78 is 8.41. The van der Waals surface area contributed by atoms with Crippen LogP contribution in [0.5, 0.6) is 5.75 Å². The zero-order valence-electron chi connectivity index (χ0n) is 18.3. The molecule has 0 bridgehead atoms. The van der Waals surface area contributed by atoms with E-state index in [9.17, 15) is 0 Å². The smallest absolute Gasteiger partial charge is 0.199 e. The fraction of sp³-hybridized carbons (Fsp3) is 0.0769. The van der Waals surface area contributed by atoms with Crippen molar-refractivity contribution in [2.24, 2.45) is 10.7 Å². The monoisotopic (exact) mass is 508 g/mol. The number of nitrogens with zero attached hydrogens (tertiary/aromatic N) is 2. The first-order valence-corrected chi connectivity index (χ1v) is 12.0. The van der Waals surface area contributed by atoms with Gasteiger partial charge in [-0.15, -0.1) is 0 Å². The Balaban J connectivity index is 1.56. The maximum Gasteiger partial charge on any atom is 0.199 e. The maximum atomic E-state index is 6.10. The summed E-state index contributed by atoms with van der Waals surface area (Å²) in [5, 5.41) is 1.36. The van der Waals surface area contributed by atoms with Crippen molar-refractivity contribution < 1.29 is 4.74 Å². The zero-order chi connectivity index (χ0) is 23.9. The molecule has 0 radical (unpaired) electrons. The van der Waals surface area contributed by atoms with Gasteiger partial charge in [0.05, 0.1) is 24.2 Å². The molecule has 3 N–H and O–H groups in total. The summed E-state index contributed by atoms with van der Waals surface area (Å²) in [6, 6.07) is 25.1. The normalized spacial score (nSPS) is 11.3. The fourth-order valence-electron chi connectivity index (χ4n) is 3.30. The minimum Gasteiger partial charge on any atom is -0.496 e. The van der Waals surface area contributed by atoms with E-state index in [-0.39, 0.29) is 0 Å². The Hall–Kier alpha value is -3.19. The van der Waals surface area contributed by atoms with Crippen molar-refractivity contribution in [3.05, 3.63) is 101 Å². The molecule has 0 aliphatic heterocycles. The molecule has 4 aromatic rings. The van der Waals surface area contributed by atoms with Gasteiger partial charge in [-0.2, -0.15) is 0 Å². The molecule has 0 saturated carbocycles. The first-order chi connectivity index (χ1) is 16.5. The molecule has 0 fully saturated rings. The number of methoxy groups -OCH3 is 1. The van der Waals surface area contributed by atoms with Crippen LogP contribution in [-0.2, 0) is 6.54 Å². The van der Waals surface area contributed by atoms with Gasteiger partial charge in [-0.25, -0.2) is 4.99 Å². The highest BCUT2D eigenvalue weighted by atomic mass is 35.5. The molecule has 1 heterocycles. The van der Waals surface area contributed by atoms with Gasteiger partial charge in [0.25, 0.3) is 0 Å². The van der Waals surface area contributed by atoms with Crippen molar-refractivity contribution in [2.45, 2.75) is 11.4 Å². The average molecular weight is 509 g/mol. The topological polar surface area (TPSA) is 72.5 Å². The molecule has 3 aromatic carbocycles. The summed E-state index contributed by atoms with van der Waals surface area (Å²) in [5.41, 5.74) is 10.8. The second-order valence-electron chi connectivity index (χ2n) is 7.31. The Morgan fingerprint density at radius 1 is 0.971 bits per heavy atom. The summed E-state index contributed by atoms with van der Waals surface area (Å²) in [6.45, 7) is 0.375. The van der Waals surface area contributed by atoms with Crippen LogP contribution in [0.3, 0.4) is 0 Å². The van der Waals surface area contributed by atoms with Crippen LogP contribution >= 0.6 is 35.1 Å². The Labute approximate surface area is 213 Å². The summed E-state index contributed by atoms with van der Waals surface area (Å²) in [7, 11) is 1.63. The van der Waals surface area contributed by atoms with E-state index in [1.54, 1.807) is 7.11 Å². The molecule has 172 valence electrons. The molecule has 0 spiro atoms. The van der Waals surface area contributed by atoms with E-state index in [2.05, 4.69) is 15.8 Å². The van der Waals surface area contributed by atoms with E-state index in [4.69, 9.17) is 38.7 Å². The van der Waals surface area contributed by atoms with Gasteiger partial charge < -0.3 is 10.5 Å². The average Bonchev–Trinajstić information content (AvgIpc) is 2.87.